The summed E-state index contributed by atoms with van der Waals surface area (Å²) in [6.07, 6.45) is 1.24. The molecule has 1 unspecified atom stereocenters. The summed E-state index contributed by atoms with van der Waals surface area (Å²) in [5.74, 6) is 1.38. The van der Waals surface area contributed by atoms with Gasteiger partial charge in [-0.2, -0.15) is 0 Å². The number of fused-ring (bicyclic) bond motifs is 1. The Kier molecular flexibility index (Phi) is 5.93. The number of rotatable bonds is 7. The van der Waals surface area contributed by atoms with E-state index in [1.807, 2.05) is 43.3 Å². The minimum absolute atomic E-state index is 0.257. The van der Waals surface area contributed by atoms with Crippen LogP contribution in [-0.4, -0.2) is 22.7 Å². The van der Waals surface area contributed by atoms with Crippen molar-refractivity contribution in [2.45, 2.75) is 38.2 Å². The van der Waals surface area contributed by atoms with Gasteiger partial charge < -0.3 is 9.47 Å². The summed E-state index contributed by atoms with van der Waals surface area (Å²) in [6, 6.07) is 11.5. The van der Waals surface area contributed by atoms with Crippen LogP contribution in [0.5, 0.6) is 5.75 Å². The molecule has 2 aromatic carbocycles. The summed E-state index contributed by atoms with van der Waals surface area (Å²) >= 11 is 0. The van der Waals surface area contributed by atoms with E-state index >= 15 is 0 Å². The Morgan fingerprint density at radius 3 is 2.77 bits per heavy atom. The number of carbonyl (C=O) groups excluding carboxylic acids is 1. The summed E-state index contributed by atoms with van der Waals surface area (Å²) in [5, 5.41) is 2.65. The smallest absolute Gasteiger partial charge is 0.411 e. The second kappa shape index (κ2) is 8.36. The van der Waals surface area contributed by atoms with E-state index < -0.39 is 16.9 Å². The highest BCUT2D eigenvalue weighted by Gasteiger charge is 2.15. The summed E-state index contributed by atoms with van der Waals surface area (Å²) in [5.41, 5.74) is 4.05. The first-order chi connectivity index (χ1) is 12.5. The number of cyclic esters (lactones) is 1. The van der Waals surface area contributed by atoms with Crippen LogP contribution < -0.4 is 10.1 Å². The van der Waals surface area contributed by atoms with Gasteiger partial charge in [0.25, 0.3) is 0 Å². The minimum Gasteiger partial charge on any atom is -0.494 e. The average Bonchev–Trinajstić information content (AvgIpc) is 2.63. The molecule has 1 N–H and O–H groups in total. The summed E-state index contributed by atoms with van der Waals surface area (Å²) in [6.45, 7) is 4.92. The van der Waals surface area contributed by atoms with Crippen molar-refractivity contribution < 1.29 is 18.5 Å². The summed E-state index contributed by atoms with van der Waals surface area (Å²) < 4.78 is 23.1. The van der Waals surface area contributed by atoms with E-state index in [2.05, 4.69) is 12.2 Å². The van der Waals surface area contributed by atoms with Gasteiger partial charge in [0, 0.05) is 16.2 Å². The number of benzene rings is 2. The van der Waals surface area contributed by atoms with Crippen LogP contribution in [0.25, 0.3) is 0 Å². The lowest BCUT2D eigenvalue weighted by molar-refractivity contribution is 0.151. The maximum atomic E-state index is 12.4. The third-order valence-corrected chi connectivity index (χ3v) is 5.85. The van der Waals surface area contributed by atoms with Gasteiger partial charge in [0.05, 0.1) is 23.1 Å². The van der Waals surface area contributed by atoms with Gasteiger partial charge >= 0.3 is 6.09 Å². The Morgan fingerprint density at radius 2 is 1.96 bits per heavy atom. The van der Waals surface area contributed by atoms with Crippen LogP contribution in [0.1, 0.15) is 29.5 Å². The van der Waals surface area contributed by atoms with Crippen LogP contribution in [0, 0.1) is 13.8 Å². The Hall–Kier alpha value is -2.34. The topological polar surface area (TPSA) is 64.6 Å². The molecule has 1 atom stereocenters. The van der Waals surface area contributed by atoms with E-state index in [0.29, 0.717) is 12.4 Å². The first-order valence-electron chi connectivity index (χ1n) is 8.68. The molecule has 0 radical (unpaired) electrons. The molecular weight excluding hydrogens is 350 g/mol. The molecule has 1 heterocycles. The maximum Gasteiger partial charge on any atom is 0.411 e. The van der Waals surface area contributed by atoms with E-state index in [0.717, 1.165) is 34.7 Å². The predicted molar refractivity (Wildman–Crippen MR) is 102 cm³/mol. The number of anilines is 1. The Labute approximate surface area is 156 Å². The third kappa shape index (κ3) is 4.64. The van der Waals surface area contributed by atoms with Crippen LogP contribution in [0.3, 0.4) is 0 Å². The standard InChI is InChI=1S/C20H23NO4S/c1-14-5-7-18(11-15(14)2)26(23)10-4-3-9-24-17-6-8-19-16(12-17)13-25-20(22)21-19/h5-8,11-12H,3-4,9-10,13H2,1-2H3,(H,21,22). The molecule has 1 aliphatic rings. The van der Waals surface area contributed by atoms with Gasteiger partial charge in [0.1, 0.15) is 12.4 Å². The number of hydrogen-bond acceptors (Lipinski definition) is 4. The zero-order chi connectivity index (χ0) is 18.5. The quantitative estimate of drug-likeness (QED) is 0.734. The molecule has 0 fully saturated rings. The largest absolute Gasteiger partial charge is 0.494 e. The predicted octanol–water partition coefficient (Wildman–Crippen LogP) is 4.33. The molecule has 0 spiro atoms. The lowest BCUT2D eigenvalue weighted by Gasteiger charge is -2.18. The fourth-order valence-corrected chi connectivity index (χ4v) is 3.92. The lowest BCUT2D eigenvalue weighted by atomic mass is 10.1. The fourth-order valence-electron chi connectivity index (χ4n) is 2.69. The molecule has 0 bridgehead atoms. The highest BCUT2D eigenvalue weighted by Crippen LogP contribution is 2.26. The molecule has 138 valence electrons. The average molecular weight is 373 g/mol. The van der Waals surface area contributed by atoms with Crippen LogP contribution in [0.15, 0.2) is 41.3 Å². The Bertz CT molecular complexity index is 835. The van der Waals surface area contributed by atoms with Crippen molar-refractivity contribution in [3.8, 4) is 5.75 Å². The second-order valence-electron chi connectivity index (χ2n) is 6.37. The molecule has 0 saturated carbocycles. The summed E-state index contributed by atoms with van der Waals surface area (Å²) in [7, 11) is -0.967. The number of carbonyl (C=O) groups is 1. The first-order valence-corrected chi connectivity index (χ1v) is 10.00. The van der Waals surface area contributed by atoms with Gasteiger partial charge in [-0.15, -0.1) is 0 Å². The molecule has 26 heavy (non-hydrogen) atoms. The maximum absolute atomic E-state index is 12.4. The molecule has 3 rings (SSSR count). The normalized spacial score (nSPS) is 14.2. The van der Waals surface area contributed by atoms with Crippen LogP contribution >= 0.6 is 0 Å². The number of hydrogen-bond donors (Lipinski definition) is 1. The van der Waals surface area contributed by atoms with Crippen molar-refractivity contribution in [2.24, 2.45) is 0 Å². The zero-order valence-electron chi connectivity index (χ0n) is 15.0. The molecule has 1 amide bonds. The van der Waals surface area contributed by atoms with Crippen molar-refractivity contribution in [1.29, 1.82) is 0 Å². The molecule has 2 aromatic rings. The van der Waals surface area contributed by atoms with Crippen molar-refractivity contribution in [3.63, 3.8) is 0 Å². The summed E-state index contributed by atoms with van der Waals surface area (Å²) in [4.78, 5) is 12.1. The molecule has 5 nitrogen and oxygen atoms in total. The number of ether oxygens (including phenoxy) is 2. The molecule has 6 heteroatoms. The SMILES string of the molecule is Cc1ccc(S(=O)CCCCOc2ccc3c(c2)COC(=O)N3)cc1C. The van der Waals surface area contributed by atoms with E-state index in [-0.39, 0.29) is 6.61 Å². The van der Waals surface area contributed by atoms with Crippen molar-refractivity contribution in [1.82, 2.24) is 0 Å². The second-order valence-corrected chi connectivity index (χ2v) is 7.94. The highest BCUT2D eigenvalue weighted by atomic mass is 32.2. The third-order valence-electron chi connectivity index (χ3n) is 4.41. The fraction of sp³-hybridized carbons (Fsp3) is 0.350. The van der Waals surface area contributed by atoms with Crippen molar-refractivity contribution in [2.75, 3.05) is 17.7 Å². The van der Waals surface area contributed by atoms with E-state index in [1.54, 1.807) is 0 Å². The molecule has 0 aliphatic carbocycles. The van der Waals surface area contributed by atoms with Gasteiger partial charge in [-0.05, 0) is 68.1 Å². The van der Waals surface area contributed by atoms with Gasteiger partial charge in [0.2, 0.25) is 0 Å². The van der Waals surface area contributed by atoms with Gasteiger partial charge in [0.15, 0.2) is 0 Å². The number of nitrogens with one attached hydrogen (secondary N) is 1. The monoisotopic (exact) mass is 373 g/mol. The van der Waals surface area contributed by atoms with Crippen molar-refractivity contribution in [3.05, 3.63) is 53.1 Å². The number of aryl methyl sites for hydroxylation is 2. The first kappa shape index (κ1) is 18.5. The van der Waals surface area contributed by atoms with Gasteiger partial charge in [-0.25, -0.2) is 4.79 Å². The van der Waals surface area contributed by atoms with E-state index in [4.69, 9.17) is 9.47 Å². The van der Waals surface area contributed by atoms with Crippen LogP contribution in [0.2, 0.25) is 0 Å². The molecule has 1 aliphatic heterocycles. The Balaban J connectivity index is 1.42. The number of amides is 1. The van der Waals surface area contributed by atoms with Gasteiger partial charge in [-0.1, -0.05) is 6.07 Å². The lowest BCUT2D eigenvalue weighted by Crippen LogP contribution is -2.20. The van der Waals surface area contributed by atoms with E-state index in [9.17, 15) is 9.00 Å². The molecule has 0 saturated heterocycles. The van der Waals surface area contributed by atoms with Crippen LogP contribution in [0.4, 0.5) is 10.5 Å². The Morgan fingerprint density at radius 1 is 1.12 bits per heavy atom. The number of unbranched alkanes of at least 4 members (excludes halogenated alkanes) is 1. The van der Waals surface area contributed by atoms with Crippen LogP contribution in [-0.2, 0) is 22.1 Å². The molecule has 0 aromatic heterocycles. The van der Waals surface area contributed by atoms with Gasteiger partial charge in [-0.3, -0.25) is 9.53 Å². The van der Waals surface area contributed by atoms with E-state index in [1.165, 1.54) is 11.1 Å². The highest BCUT2D eigenvalue weighted by molar-refractivity contribution is 7.85. The minimum atomic E-state index is -0.967. The van der Waals surface area contributed by atoms with Crippen molar-refractivity contribution >= 4 is 22.6 Å². The zero-order valence-corrected chi connectivity index (χ0v) is 15.9. The molecular formula is C20H23NO4S.